The summed E-state index contributed by atoms with van der Waals surface area (Å²) in [6, 6.07) is 1.70. The van der Waals surface area contributed by atoms with Crippen LogP contribution in [-0.4, -0.2) is 29.8 Å². The monoisotopic (exact) mass is 260 g/mol. The van der Waals surface area contributed by atoms with Crippen molar-refractivity contribution in [2.24, 2.45) is 5.92 Å². The molecule has 4 nitrogen and oxygen atoms in total. The Morgan fingerprint density at radius 1 is 1.44 bits per heavy atom. The van der Waals surface area contributed by atoms with E-state index >= 15 is 0 Å². The molecule has 1 atom stereocenters. The van der Waals surface area contributed by atoms with Crippen molar-refractivity contribution in [1.29, 1.82) is 0 Å². The highest BCUT2D eigenvalue weighted by atomic mass is 35.5. The van der Waals surface area contributed by atoms with Gasteiger partial charge in [-0.15, -0.1) is 10.2 Å². The second-order valence-electron chi connectivity index (χ2n) is 3.95. The van der Waals surface area contributed by atoms with E-state index < -0.39 is 0 Å². The lowest BCUT2D eigenvalue weighted by atomic mass is 10.1. The standard InChI is InChI=1S/C10H14Cl2N4/c11-9-5-8(10(12)16-15-9)14-4-2-7-1-3-13-6-7/h5,7,13H,1-4,6H2,(H,14,15). The van der Waals surface area contributed by atoms with Crippen LogP contribution in [0.4, 0.5) is 5.69 Å². The van der Waals surface area contributed by atoms with Gasteiger partial charge in [0.05, 0.1) is 5.69 Å². The van der Waals surface area contributed by atoms with Crippen molar-refractivity contribution < 1.29 is 0 Å². The third-order valence-electron chi connectivity index (χ3n) is 2.75. The molecule has 0 radical (unpaired) electrons. The molecule has 1 aromatic heterocycles. The van der Waals surface area contributed by atoms with E-state index in [1.807, 2.05) is 0 Å². The average Bonchev–Trinajstić information content (AvgIpc) is 2.76. The van der Waals surface area contributed by atoms with Gasteiger partial charge in [0.15, 0.2) is 10.3 Å². The molecule has 0 aromatic carbocycles. The van der Waals surface area contributed by atoms with Crippen LogP contribution in [0.3, 0.4) is 0 Å². The van der Waals surface area contributed by atoms with E-state index in [9.17, 15) is 0 Å². The smallest absolute Gasteiger partial charge is 0.174 e. The third-order valence-corrected chi connectivity index (χ3v) is 3.21. The summed E-state index contributed by atoms with van der Waals surface area (Å²) in [5.41, 5.74) is 0.757. The average molecular weight is 261 g/mol. The first-order chi connectivity index (χ1) is 7.75. The molecule has 2 heterocycles. The lowest BCUT2D eigenvalue weighted by Gasteiger charge is -2.10. The summed E-state index contributed by atoms with van der Waals surface area (Å²) in [4.78, 5) is 0. The molecule has 0 bridgehead atoms. The fraction of sp³-hybridized carbons (Fsp3) is 0.600. The van der Waals surface area contributed by atoms with Crippen LogP contribution in [0.25, 0.3) is 0 Å². The number of halogens is 2. The Hall–Kier alpha value is -0.580. The van der Waals surface area contributed by atoms with Crippen molar-refractivity contribution in [3.05, 3.63) is 16.4 Å². The van der Waals surface area contributed by atoms with Gasteiger partial charge in [-0.25, -0.2) is 0 Å². The van der Waals surface area contributed by atoms with Crippen LogP contribution in [0.5, 0.6) is 0 Å². The molecule has 0 spiro atoms. The normalized spacial score (nSPS) is 20.0. The Balaban J connectivity index is 1.82. The predicted octanol–water partition coefficient (Wildman–Crippen LogP) is 2.19. The minimum atomic E-state index is 0.356. The summed E-state index contributed by atoms with van der Waals surface area (Å²) < 4.78 is 0. The van der Waals surface area contributed by atoms with Crippen LogP contribution in [0.1, 0.15) is 12.8 Å². The molecule has 1 aromatic rings. The van der Waals surface area contributed by atoms with E-state index in [4.69, 9.17) is 23.2 Å². The maximum Gasteiger partial charge on any atom is 0.174 e. The molecule has 1 aliphatic heterocycles. The van der Waals surface area contributed by atoms with Crippen molar-refractivity contribution in [1.82, 2.24) is 15.5 Å². The maximum absolute atomic E-state index is 5.88. The largest absolute Gasteiger partial charge is 0.382 e. The molecule has 1 fully saturated rings. The van der Waals surface area contributed by atoms with E-state index in [0.717, 1.165) is 37.7 Å². The molecule has 0 saturated carbocycles. The van der Waals surface area contributed by atoms with Gasteiger partial charge in [-0.3, -0.25) is 0 Å². The van der Waals surface area contributed by atoms with Crippen molar-refractivity contribution in [2.45, 2.75) is 12.8 Å². The van der Waals surface area contributed by atoms with Gasteiger partial charge in [0.25, 0.3) is 0 Å². The molecular weight excluding hydrogens is 247 g/mol. The summed E-state index contributed by atoms with van der Waals surface area (Å²) in [6.45, 7) is 3.13. The van der Waals surface area contributed by atoms with Gasteiger partial charge >= 0.3 is 0 Å². The fourth-order valence-electron chi connectivity index (χ4n) is 1.85. The molecule has 16 heavy (non-hydrogen) atoms. The minimum Gasteiger partial charge on any atom is -0.382 e. The first-order valence-electron chi connectivity index (χ1n) is 5.39. The zero-order chi connectivity index (χ0) is 11.4. The number of nitrogens with one attached hydrogen (secondary N) is 2. The van der Waals surface area contributed by atoms with Gasteiger partial charge in [-0.1, -0.05) is 23.2 Å². The summed E-state index contributed by atoms with van der Waals surface area (Å²) >= 11 is 11.6. The zero-order valence-corrected chi connectivity index (χ0v) is 10.4. The topological polar surface area (TPSA) is 49.8 Å². The Morgan fingerprint density at radius 3 is 3.06 bits per heavy atom. The molecule has 0 amide bonds. The van der Waals surface area contributed by atoms with Gasteiger partial charge in [0.2, 0.25) is 0 Å². The molecule has 1 aliphatic rings. The predicted molar refractivity (Wildman–Crippen MR) is 66.1 cm³/mol. The molecule has 1 saturated heterocycles. The van der Waals surface area contributed by atoms with E-state index in [0.29, 0.717) is 10.3 Å². The zero-order valence-electron chi connectivity index (χ0n) is 8.84. The van der Waals surface area contributed by atoms with Gasteiger partial charge in [-0.2, -0.15) is 0 Å². The Kier molecular flexibility index (Phi) is 4.21. The Bertz CT molecular complexity index is 353. The third kappa shape index (κ3) is 3.20. The first-order valence-corrected chi connectivity index (χ1v) is 6.14. The second kappa shape index (κ2) is 5.66. The number of rotatable bonds is 4. The highest BCUT2D eigenvalue weighted by Crippen LogP contribution is 2.21. The van der Waals surface area contributed by atoms with Crippen LogP contribution in [0, 0.1) is 5.92 Å². The molecular formula is C10H14Cl2N4. The summed E-state index contributed by atoms with van der Waals surface area (Å²) in [6.07, 6.45) is 2.38. The quantitative estimate of drug-likeness (QED) is 0.872. The fourth-order valence-corrected chi connectivity index (χ4v) is 2.15. The highest BCUT2D eigenvalue weighted by Gasteiger charge is 2.13. The molecule has 1 unspecified atom stereocenters. The number of anilines is 1. The van der Waals surface area contributed by atoms with E-state index in [2.05, 4.69) is 20.8 Å². The maximum atomic E-state index is 5.88. The number of hydrogen-bond acceptors (Lipinski definition) is 4. The molecule has 2 N–H and O–H groups in total. The van der Waals surface area contributed by atoms with Gasteiger partial charge < -0.3 is 10.6 Å². The number of aromatic nitrogens is 2. The van der Waals surface area contributed by atoms with Crippen LogP contribution in [0.15, 0.2) is 6.07 Å². The van der Waals surface area contributed by atoms with E-state index in [1.165, 1.54) is 6.42 Å². The SMILES string of the molecule is Clc1cc(NCCC2CCNC2)c(Cl)nn1. The van der Waals surface area contributed by atoms with Crippen molar-refractivity contribution in [3.8, 4) is 0 Å². The van der Waals surface area contributed by atoms with E-state index in [-0.39, 0.29) is 0 Å². The molecule has 0 aliphatic carbocycles. The van der Waals surface area contributed by atoms with Crippen LogP contribution >= 0.6 is 23.2 Å². The minimum absolute atomic E-state index is 0.356. The van der Waals surface area contributed by atoms with Crippen molar-refractivity contribution in [3.63, 3.8) is 0 Å². The van der Waals surface area contributed by atoms with Gasteiger partial charge in [0, 0.05) is 12.6 Å². The summed E-state index contributed by atoms with van der Waals surface area (Å²) in [7, 11) is 0. The van der Waals surface area contributed by atoms with Crippen LogP contribution in [0.2, 0.25) is 10.3 Å². The molecule has 6 heteroatoms. The summed E-state index contributed by atoms with van der Waals surface area (Å²) in [5.74, 6) is 0.761. The number of hydrogen-bond donors (Lipinski definition) is 2. The van der Waals surface area contributed by atoms with Crippen LogP contribution < -0.4 is 10.6 Å². The second-order valence-corrected chi connectivity index (χ2v) is 4.69. The molecule has 88 valence electrons. The number of nitrogens with zero attached hydrogens (tertiary/aromatic N) is 2. The molecule has 2 rings (SSSR count). The highest BCUT2D eigenvalue weighted by molar-refractivity contribution is 6.33. The van der Waals surface area contributed by atoms with Crippen LogP contribution in [-0.2, 0) is 0 Å². The Labute approximate surface area is 105 Å². The van der Waals surface area contributed by atoms with E-state index in [1.54, 1.807) is 6.07 Å². The van der Waals surface area contributed by atoms with Gasteiger partial charge in [0.1, 0.15) is 0 Å². The lowest BCUT2D eigenvalue weighted by molar-refractivity contribution is 0.549. The summed E-state index contributed by atoms with van der Waals surface area (Å²) in [5, 5.41) is 14.7. The Morgan fingerprint density at radius 2 is 2.31 bits per heavy atom. The van der Waals surface area contributed by atoms with Gasteiger partial charge in [-0.05, 0) is 31.8 Å². The first kappa shape index (κ1) is 11.9. The lowest BCUT2D eigenvalue weighted by Crippen LogP contribution is -2.13. The van der Waals surface area contributed by atoms with Crippen molar-refractivity contribution >= 4 is 28.9 Å². The van der Waals surface area contributed by atoms with Crippen molar-refractivity contribution in [2.75, 3.05) is 25.0 Å².